The monoisotopic (exact) mass is 305 g/mol. The highest BCUT2D eigenvalue weighted by Crippen LogP contribution is 2.20. The maximum Gasteiger partial charge on any atom is 0.252 e. The van der Waals surface area contributed by atoms with Gasteiger partial charge in [-0.15, -0.1) is 0 Å². The summed E-state index contributed by atoms with van der Waals surface area (Å²) in [4.78, 5) is 11.7. The maximum absolute atomic E-state index is 11.7. The second-order valence-corrected chi connectivity index (χ2v) is 4.69. The summed E-state index contributed by atoms with van der Waals surface area (Å²) in [6.07, 6.45) is 0.0960. The molecule has 0 aliphatic rings. The fraction of sp³-hybridized carbons (Fsp3) is 0.364. The van der Waals surface area contributed by atoms with Gasteiger partial charge in [0.15, 0.2) is 0 Å². The van der Waals surface area contributed by atoms with Crippen LogP contribution in [0.15, 0.2) is 22.7 Å². The van der Waals surface area contributed by atoms with E-state index in [4.69, 9.17) is 11.6 Å². The second-order valence-electron chi connectivity index (χ2n) is 3.40. The molecule has 3 nitrogen and oxygen atoms in total. The Balaban J connectivity index is 2.69. The van der Waals surface area contributed by atoms with Crippen LogP contribution in [-0.4, -0.2) is 23.7 Å². The Labute approximate surface area is 108 Å². The quantitative estimate of drug-likeness (QED) is 0.898. The lowest BCUT2D eigenvalue weighted by Crippen LogP contribution is -2.31. The third kappa shape index (κ3) is 3.77. The van der Waals surface area contributed by atoms with Gasteiger partial charge in [-0.2, -0.15) is 0 Å². The highest BCUT2D eigenvalue weighted by Gasteiger charge is 2.11. The summed E-state index contributed by atoms with van der Waals surface area (Å²) in [5.74, 6) is -0.248. The van der Waals surface area contributed by atoms with E-state index >= 15 is 0 Å². The van der Waals surface area contributed by atoms with Crippen molar-refractivity contribution in [3.05, 3.63) is 33.3 Å². The number of halogens is 2. The lowest BCUT2D eigenvalue weighted by atomic mass is 10.2. The average molecular weight is 307 g/mol. The van der Waals surface area contributed by atoms with Crippen LogP contribution in [0.5, 0.6) is 0 Å². The summed E-state index contributed by atoms with van der Waals surface area (Å²) < 4.78 is 0.681. The van der Waals surface area contributed by atoms with Crippen LogP contribution in [0.4, 0.5) is 0 Å². The van der Waals surface area contributed by atoms with Crippen LogP contribution in [0.2, 0.25) is 5.02 Å². The van der Waals surface area contributed by atoms with Gasteiger partial charge in [0, 0.05) is 16.0 Å². The number of aliphatic hydroxyl groups is 1. The highest BCUT2D eigenvalue weighted by molar-refractivity contribution is 9.10. The van der Waals surface area contributed by atoms with Crippen molar-refractivity contribution < 1.29 is 9.90 Å². The van der Waals surface area contributed by atoms with Gasteiger partial charge in [-0.1, -0.05) is 18.5 Å². The number of rotatable bonds is 4. The predicted octanol–water partition coefficient (Wildman–Crippen LogP) is 2.60. The Morgan fingerprint density at radius 1 is 1.62 bits per heavy atom. The molecule has 88 valence electrons. The summed E-state index contributed by atoms with van der Waals surface area (Å²) in [7, 11) is 0. The van der Waals surface area contributed by atoms with E-state index < -0.39 is 6.10 Å². The molecule has 0 aliphatic heterocycles. The fourth-order valence-corrected chi connectivity index (χ4v) is 1.72. The number of amides is 1. The van der Waals surface area contributed by atoms with Gasteiger partial charge in [0.05, 0.1) is 11.7 Å². The molecular weight excluding hydrogens is 293 g/mol. The smallest absolute Gasteiger partial charge is 0.252 e. The van der Waals surface area contributed by atoms with Gasteiger partial charge in [-0.3, -0.25) is 4.79 Å². The number of carbonyl (C=O) groups is 1. The minimum Gasteiger partial charge on any atom is -0.391 e. The van der Waals surface area contributed by atoms with Crippen molar-refractivity contribution in [3.8, 4) is 0 Å². The van der Waals surface area contributed by atoms with E-state index in [2.05, 4.69) is 21.2 Å². The normalized spacial score (nSPS) is 12.2. The van der Waals surface area contributed by atoms with Crippen molar-refractivity contribution in [2.75, 3.05) is 6.54 Å². The maximum atomic E-state index is 11.7. The topological polar surface area (TPSA) is 49.3 Å². The summed E-state index contributed by atoms with van der Waals surface area (Å²) in [5, 5.41) is 12.5. The van der Waals surface area contributed by atoms with E-state index in [0.717, 1.165) is 0 Å². The Hall–Kier alpha value is -0.580. The van der Waals surface area contributed by atoms with Crippen LogP contribution in [0, 0.1) is 0 Å². The van der Waals surface area contributed by atoms with Crippen LogP contribution >= 0.6 is 27.5 Å². The Bertz CT molecular complexity index is 384. The molecule has 0 aromatic heterocycles. The minimum absolute atomic E-state index is 0.244. The van der Waals surface area contributed by atoms with Gasteiger partial charge in [-0.25, -0.2) is 0 Å². The Morgan fingerprint density at radius 3 is 2.94 bits per heavy atom. The summed E-state index contributed by atoms with van der Waals surface area (Å²) in [6.45, 7) is 2.10. The first-order valence-corrected chi connectivity index (χ1v) is 6.13. The highest BCUT2D eigenvalue weighted by atomic mass is 79.9. The molecule has 2 N–H and O–H groups in total. The standard InChI is InChI=1S/C11H13BrClNO2/c1-2-8(15)6-14-11(16)9-5-7(13)3-4-10(9)12/h3-5,8,15H,2,6H2,1H3,(H,14,16). The molecule has 0 radical (unpaired) electrons. The zero-order chi connectivity index (χ0) is 12.1. The molecule has 0 aliphatic carbocycles. The average Bonchev–Trinajstić information content (AvgIpc) is 2.28. The number of hydrogen-bond donors (Lipinski definition) is 2. The molecule has 0 saturated carbocycles. The molecule has 0 fully saturated rings. The van der Waals surface area contributed by atoms with E-state index in [1.807, 2.05) is 6.92 Å². The van der Waals surface area contributed by atoms with Gasteiger partial charge in [0.2, 0.25) is 0 Å². The van der Waals surface area contributed by atoms with Gasteiger partial charge in [0.25, 0.3) is 5.91 Å². The molecule has 0 spiro atoms. The van der Waals surface area contributed by atoms with Gasteiger partial charge in [0.1, 0.15) is 0 Å². The number of benzene rings is 1. The molecule has 1 aromatic carbocycles. The van der Waals surface area contributed by atoms with Crippen LogP contribution < -0.4 is 5.32 Å². The predicted molar refractivity (Wildman–Crippen MR) is 67.8 cm³/mol. The molecule has 0 bridgehead atoms. The summed E-state index contributed by atoms with van der Waals surface area (Å²) in [5.41, 5.74) is 0.468. The molecule has 1 aromatic rings. The summed E-state index contributed by atoms with van der Waals surface area (Å²) in [6, 6.07) is 5.00. The van der Waals surface area contributed by atoms with Crippen LogP contribution in [0.25, 0.3) is 0 Å². The fourth-order valence-electron chi connectivity index (χ4n) is 1.12. The number of carbonyl (C=O) groups excluding carboxylic acids is 1. The minimum atomic E-state index is -0.512. The first kappa shape index (κ1) is 13.5. The van der Waals surface area contributed by atoms with Crippen molar-refractivity contribution in [1.82, 2.24) is 5.32 Å². The van der Waals surface area contributed by atoms with Crippen molar-refractivity contribution in [3.63, 3.8) is 0 Å². The molecule has 1 atom stereocenters. The molecule has 1 rings (SSSR count). The van der Waals surface area contributed by atoms with Crippen molar-refractivity contribution in [2.45, 2.75) is 19.4 Å². The molecule has 5 heteroatoms. The third-order valence-electron chi connectivity index (χ3n) is 2.14. The van der Waals surface area contributed by atoms with Crippen LogP contribution in [0.1, 0.15) is 23.7 Å². The van der Waals surface area contributed by atoms with E-state index in [0.29, 0.717) is 21.5 Å². The third-order valence-corrected chi connectivity index (χ3v) is 3.07. The van der Waals surface area contributed by atoms with Crippen LogP contribution in [-0.2, 0) is 0 Å². The number of hydrogen-bond acceptors (Lipinski definition) is 2. The molecule has 1 unspecified atom stereocenters. The number of nitrogens with one attached hydrogen (secondary N) is 1. The van der Waals surface area contributed by atoms with Gasteiger partial charge < -0.3 is 10.4 Å². The lowest BCUT2D eigenvalue weighted by molar-refractivity contribution is 0.0913. The van der Waals surface area contributed by atoms with Gasteiger partial charge >= 0.3 is 0 Å². The SMILES string of the molecule is CCC(O)CNC(=O)c1cc(Cl)ccc1Br. The lowest BCUT2D eigenvalue weighted by Gasteiger charge is -2.10. The van der Waals surface area contributed by atoms with E-state index in [9.17, 15) is 9.90 Å². The molecule has 1 amide bonds. The molecule has 16 heavy (non-hydrogen) atoms. The molecular formula is C11H13BrClNO2. The largest absolute Gasteiger partial charge is 0.391 e. The van der Waals surface area contributed by atoms with E-state index in [-0.39, 0.29) is 12.5 Å². The molecule has 0 heterocycles. The van der Waals surface area contributed by atoms with Crippen molar-refractivity contribution in [1.29, 1.82) is 0 Å². The Kier molecular flexibility index (Phi) is 5.25. The number of aliphatic hydroxyl groups excluding tert-OH is 1. The second kappa shape index (κ2) is 6.23. The van der Waals surface area contributed by atoms with Crippen molar-refractivity contribution >= 4 is 33.4 Å². The van der Waals surface area contributed by atoms with Crippen LogP contribution in [0.3, 0.4) is 0 Å². The Morgan fingerprint density at radius 2 is 2.31 bits per heavy atom. The van der Waals surface area contributed by atoms with E-state index in [1.165, 1.54) is 0 Å². The zero-order valence-corrected chi connectivity index (χ0v) is 11.2. The molecule has 0 saturated heterocycles. The first-order chi connectivity index (χ1) is 7.54. The zero-order valence-electron chi connectivity index (χ0n) is 8.84. The van der Waals surface area contributed by atoms with Gasteiger partial charge in [-0.05, 0) is 40.5 Å². The van der Waals surface area contributed by atoms with E-state index in [1.54, 1.807) is 18.2 Å². The first-order valence-electron chi connectivity index (χ1n) is 4.96. The summed E-state index contributed by atoms with van der Waals surface area (Å²) >= 11 is 9.07. The van der Waals surface area contributed by atoms with Crippen molar-refractivity contribution in [2.24, 2.45) is 0 Å².